The summed E-state index contributed by atoms with van der Waals surface area (Å²) in [7, 11) is 1.56. The lowest BCUT2D eigenvalue weighted by atomic mass is 10.1. The van der Waals surface area contributed by atoms with Gasteiger partial charge in [-0.1, -0.05) is 28.1 Å². The van der Waals surface area contributed by atoms with Crippen molar-refractivity contribution in [1.82, 2.24) is 10.7 Å². The van der Waals surface area contributed by atoms with Crippen LogP contribution in [0, 0.1) is 0 Å². The fourth-order valence-electron chi connectivity index (χ4n) is 2.78. The number of nitrogens with zero attached hydrogens (tertiary/aromatic N) is 1. The van der Waals surface area contributed by atoms with E-state index in [4.69, 9.17) is 13.9 Å². The molecule has 0 spiro atoms. The zero-order valence-corrected chi connectivity index (χ0v) is 20.3. The smallest absolute Gasteiger partial charge is 0.336 e. The molecule has 0 aliphatic carbocycles. The Labute approximate surface area is 209 Å². The van der Waals surface area contributed by atoms with E-state index < -0.39 is 11.9 Å². The van der Waals surface area contributed by atoms with Crippen LogP contribution < -0.4 is 20.2 Å². The Bertz CT molecular complexity index is 1220. The minimum Gasteiger partial charge on any atom is -0.497 e. The average Bonchev–Trinajstić information content (AvgIpc) is 3.37. The van der Waals surface area contributed by atoms with Gasteiger partial charge < -0.3 is 19.2 Å². The Hall–Kier alpha value is -4.18. The van der Waals surface area contributed by atoms with Gasteiger partial charge in [0.1, 0.15) is 17.3 Å². The third-order valence-corrected chi connectivity index (χ3v) is 4.97. The highest BCUT2D eigenvalue weighted by Gasteiger charge is 2.09. The highest BCUT2D eigenvalue weighted by Crippen LogP contribution is 2.22. The Morgan fingerprint density at radius 2 is 1.89 bits per heavy atom. The maximum Gasteiger partial charge on any atom is 0.336 e. The van der Waals surface area contributed by atoms with E-state index >= 15 is 0 Å². The lowest BCUT2D eigenvalue weighted by Crippen LogP contribution is -2.35. The van der Waals surface area contributed by atoms with Gasteiger partial charge in [-0.25, -0.2) is 10.2 Å². The predicted molar refractivity (Wildman–Crippen MR) is 133 cm³/mol. The third kappa shape index (κ3) is 8.59. The average molecular weight is 540 g/mol. The number of carbonyl (C=O) groups is 3. The van der Waals surface area contributed by atoms with Gasteiger partial charge in [-0.2, -0.15) is 5.10 Å². The molecule has 10 heteroatoms. The number of hydrazone groups is 1. The molecule has 1 heterocycles. The quantitative estimate of drug-likeness (QED) is 0.134. The van der Waals surface area contributed by atoms with Crippen molar-refractivity contribution < 1.29 is 28.3 Å². The standard InChI is InChI=1S/C25H22BrN3O6/c1-33-20-7-4-17(5-8-20)13-23(30)27-16-24(31)29-28-15-18-14-19(26)6-10-22(18)35-25(32)11-9-21-3-2-12-34-21/h2-12,14-15H,13,16H2,1H3,(H,27,30)(H,29,31). The molecule has 0 aliphatic rings. The molecule has 35 heavy (non-hydrogen) atoms. The van der Waals surface area contributed by atoms with Crippen molar-refractivity contribution in [3.8, 4) is 11.5 Å². The number of halogens is 1. The Balaban J connectivity index is 1.49. The second kappa shape index (κ2) is 12.9. The van der Waals surface area contributed by atoms with Crippen LogP contribution in [0.15, 0.2) is 80.9 Å². The molecule has 0 bridgehead atoms. The van der Waals surface area contributed by atoms with Crippen LogP contribution in [0.1, 0.15) is 16.9 Å². The van der Waals surface area contributed by atoms with Crippen molar-refractivity contribution in [2.45, 2.75) is 6.42 Å². The minimum atomic E-state index is -0.609. The minimum absolute atomic E-state index is 0.127. The summed E-state index contributed by atoms with van der Waals surface area (Å²) in [5, 5.41) is 6.42. The number of hydrogen-bond donors (Lipinski definition) is 2. The summed E-state index contributed by atoms with van der Waals surface area (Å²) in [5.74, 6) is 0.0193. The van der Waals surface area contributed by atoms with Crippen LogP contribution >= 0.6 is 15.9 Å². The molecule has 0 saturated carbocycles. The number of ether oxygens (including phenoxy) is 2. The summed E-state index contributed by atoms with van der Waals surface area (Å²) in [6.07, 6.45) is 5.67. The molecule has 3 rings (SSSR count). The van der Waals surface area contributed by atoms with Crippen LogP contribution in [0.25, 0.3) is 6.08 Å². The monoisotopic (exact) mass is 539 g/mol. The second-order valence-electron chi connectivity index (χ2n) is 7.05. The highest BCUT2D eigenvalue weighted by molar-refractivity contribution is 9.10. The summed E-state index contributed by atoms with van der Waals surface area (Å²) in [5.41, 5.74) is 3.56. The Kier molecular flexibility index (Phi) is 9.38. The van der Waals surface area contributed by atoms with Gasteiger partial charge in [0, 0.05) is 16.1 Å². The van der Waals surface area contributed by atoms with Crippen LogP contribution in [-0.2, 0) is 20.8 Å². The van der Waals surface area contributed by atoms with Crippen molar-refractivity contribution in [3.05, 3.63) is 88.3 Å². The first-order valence-corrected chi connectivity index (χ1v) is 11.2. The summed E-state index contributed by atoms with van der Waals surface area (Å²) in [6, 6.07) is 15.4. The van der Waals surface area contributed by atoms with Crippen LogP contribution in [0.5, 0.6) is 11.5 Å². The molecular weight excluding hydrogens is 518 g/mol. The largest absolute Gasteiger partial charge is 0.497 e. The number of rotatable bonds is 10. The van der Waals surface area contributed by atoms with Gasteiger partial charge in [-0.15, -0.1) is 0 Å². The van der Waals surface area contributed by atoms with Gasteiger partial charge in [-0.3, -0.25) is 9.59 Å². The van der Waals surface area contributed by atoms with E-state index in [9.17, 15) is 14.4 Å². The molecule has 0 aliphatic heterocycles. The number of benzene rings is 2. The normalized spacial score (nSPS) is 10.9. The molecule has 0 saturated heterocycles. The first-order valence-electron chi connectivity index (χ1n) is 10.4. The van der Waals surface area contributed by atoms with Gasteiger partial charge in [0.25, 0.3) is 5.91 Å². The summed E-state index contributed by atoms with van der Waals surface area (Å²) in [4.78, 5) is 36.2. The van der Waals surface area contributed by atoms with Gasteiger partial charge in [0.05, 0.1) is 32.6 Å². The molecule has 0 radical (unpaired) electrons. The number of nitrogens with one attached hydrogen (secondary N) is 2. The first-order chi connectivity index (χ1) is 16.9. The van der Waals surface area contributed by atoms with Gasteiger partial charge >= 0.3 is 5.97 Å². The predicted octanol–water partition coefficient (Wildman–Crippen LogP) is 3.48. The van der Waals surface area contributed by atoms with Crippen LogP contribution in [-0.4, -0.2) is 37.7 Å². The van der Waals surface area contributed by atoms with Crippen molar-refractivity contribution in [3.63, 3.8) is 0 Å². The van der Waals surface area contributed by atoms with E-state index in [1.807, 2.05) is 0 Å². The molecule has 2 N–H and O–H groups in total. The van der Waals surface area contributed by atoms with E-state index in [0.29, 0.717) is 17.1 Å². The SMILES string of the molecule is COc1ccc(CC(=O)NCC(=O)NN=Cc2cc(Br)ccc2OC(=O)C=Cc2ccco2)cc1. The van der Waals surface area contributed by atoms with Crippen molar-refractivity contribution in [2.75, 3.05) is 13.7 Å². The van der Waals surface area contributed by atoms with Gasteiger partial charge in [0.15, 0.2) is 0 Å². The first kappa shape index (κ1) is 25.4. The molecule has 2 aromatic carbocycles. The van der Waals surface area contributed by atoms with Gasteiger partial charge in [-0.05, 0) is 54.1 Å². The number of methoxy groups -OCH3 is 1. The number of furan rings is 1. The van der Waals surface area contributed by atoms with E-state index in [-0.39, 0.29) is 24.6 Å². The fraction of sp³-hybridized carbons (Fsp3) is 0.120. The zero-order valence-electron chi connectivity index (χ0n) is 18.7. The lowest BCUT2D eigenvalue weighted by molar-refractivity contribution is -0.129. The fourth-order valence-corrected chi connectivity index (χ4v) is 3.15. The molecular formula is C25H22BrN3O6. The molecule has 0 unspecified atom stereocenters. The summed E-state index contributed by atoms with van der Waals surface area (Å²) >= 11 is 3.35. The number of hydrogen-bond acceptors (Lipinski definition) is 7. The molecule has 9 nitrogen and oxygen atoms in total. The van der Waals surface area contributed by atoms with E-state index in [2.05, 4.69) is 31.8 Å². The topological polar surface area (TPSA) is 119 Å². The summed E-state index contributed by atoms with van der Waals surface area (Å²) < 4.78 is 16.3. The molecule has 180 valence electrons. The van der Waals surface area contributed by atoms with Crippen LogP contribution in [0.2, 0.25) is 0 Å². The van der Waals surface area contributed by atoms with Crippen LogP contribution in [0.3, 0.4) is 0 Å². The van der Waals surface area contributed by atoms with Gasteiger partial charge in [0.2, 0.25) is 5.91 Å². The zero-order chi connectivity index (χ0) is 25.0. The molecule has 0 atom stereocenters. The molecule has 2 amide bonds. The number of amides is 2. The summed E-state index contributed by atoms with van der Waals surface area (Å²) in [6.45, 7) is -0.246. The van der Waals surface area contributed by atoms with Crippen LogP contribution in [0.4, 0.5) is 0 Å². The number of carbonyl (C=O) groups excluding carboxylic acids is 3. The Morgan fingerprint density at radius 3 is 2.60 bits per heavy atom. The molecule has 3 aromatic rings. The third-order valence-electron chi connectivity index (χ3n) is 4.47. The highest BCUT2D eigenvalue weighted by atomic mass is 79.9. The lowest BCUT2D eigenvalue weighted by Gasteiger charge is -2.07. The molecule has 1 aromatic heterocycles. The van der Waals surface area contributed by atoms with Crippen molar-refractivity contribution >= 4 is 46.0 Å². The van der Waals surface area contributed by atoms with E-state index in [1.54, 1.807) is 61.7 Å². The maximum atomic E-state index is 12.1. The van der Waals surface area contributed by atoms with E-state index in [0.717, 1.165) is 10.0 Å². The maximum absolute atomic E-state index is 12.1. The van der Waals surface area contributed by atoms with Crippen molar-refractivity contribution in [2.24, 2.45) is 5.10 Å². The molecule has 0 fully saturated rings. The Morgan fingerprint density at radius 1 is 1.09 bits per heavy atom. The number of esters is 1. The van der Waals surface area contributed by atoms with E-state index in [1.165, 1.54) is 24.6 Å². The van der Waals surface area contributed by atoms with Crippen molar-refractivity contribution in [1.29, 1.82) is 0 Å². The second-order valence-corrected chi connectivity index (χ2v) is 7.96.